The van der Waals surface area contributed by atoms with Gasteiger partial charge in [0.15, 0.2) is 0 Å². The van der Waals surface area contributed by atoms with Crippen LogP contribution >= 0.6 is 0 Å². The van der Waals surface area contributed by atoms with Gasteiger partial charge in [0.1, 0.15) is 0 Å². The molecule has 2 unspecified atom stereocenters. The summed E-state index contributed by atoms with van der Waals surface area (Å²) in [4.78, 5) is 24.5. The maximum Gasteiger partial charge on any atom is 0.305 e. The largest absolute Gasteiger partial charge is 0.466 e. The summed E-state index contributed by atoms with van der Waals surface area (Å²) >= 11 is 0. The van der Waals surface area contributed by atoms with Crippen LogP contribution in [0.15, 0.2) is 24.3 Å². The number of unbranched alkanes of at least 4 members (excludes halogenated alkanes) is 49. The number of esters is 1. The van der Waals surface area contributed by atoms with Gasteiger partial charge in [0.2, 0.25) is 5.91 Å². The van der Waals surface area contributed by atoms with Gasteiger partial charge in [0.25, 0.3) is 0 Å². The zero-order valence-corrected chi connectivity index (χ0v) is 50.8. The molecule has 0 aliphatic heterocycles. The Balaban J connectivity index is 3.40. The van der Waals surface area contributed by atoms with E-state index < -0.39 is 12.1 Å². The Morgan fingerprint density at radius 2 is 0.667 bits per heavy atom. The van der Waals surface area contributed by atoms with Crippen molar-refractivity contribution in [2.24, 2.45) is 0 Å². The summed E-state index contributed by atoms with van der Waals surface area (Å²) in [5.74, 6) is -0.0189. The molecule has 1 amide bonds. The van der Waals surface area contributed by atoms with E-state index in [1.807, 2.05) is 0 Å². The van der Waals surface area contributed by atoms with E-state index >= 15 is 0 Å². The maximum absolute atomic E-state index is 12.5. The molecule has 6 heteroatoms. The molecule has 0 aromatic heterocycles. The predicted octanol–water partition coefficient (Wildman–Crippen LogP) is 21.8. The number of carbonyl (C=O) groups is 2. The van der Waals surface area contributed by atoms with Crippen molar-refractivity contribution in [2.45, 2.75) is 392 Å². The lowest BCUT2D eigenvalue weighted by Crippen LogP contribution is -2.45. The molecule has 444 valence electrons. The first kappa shape index (κ1) is 73.3. The standard InChI is InChI=1S/C69H133NO5/c1-3-5-7-9-11-13-15-17-18-34-38-41-45-49-53-57-61-67(72)66(65-71)70-68(73)62-58-54-50-46-42-39-35-32-30-28-26-24-22-20-19-21-23-25-27-29-31-33-36-40-44-48-52-56-60-64-75-69(74)63-59-55-51-47-43-37-16-14-12-10-8-6-4-2/h19,21,25,27,66-67,71-72H,3-18,20,22-24,26,28-65H2,1-2H3,(H,70,73)/b21-19-,27-25-. The van der Waals surface area contributed by atoms with Crippen LogP contribution in [0, 0.1) is 0 Å². The van der Waals surface area contributed by atoms with Gasteiger partial charge in [-0.2, -0.15) is 0 Å². The van der Waals surface area contributed by atoms with Gasteiger partial charge >= 0.3 is 5.97 Å². The van der Waals surface area contributed by atoms with Crippen LogP contribution < -0.4 is 5.32 Å². The van der Waals surface area contributed by atoms with Gasteiger partial charge in [-0.1, -0.05) is 334 Å². The Hall–Kier alpha value is -1.66. The third-order valence-electron chi connectivity index (χ3n) is 16.0. The molecule has 0 rings (SSSR count). The smallest absolute Gasteiger partial charge is 0.305 e. The minimum Gasteiger partial charge on any atom is -0.466 e. The fraction of sp³-hybridized carbons (Fsp3) is 0.913. The van der Waals surface area contributed by atoms with Crippen LogP contribution in [0.5, 0.6) is 0 Å². The van der Waals surface area contributed by atoms with Crippen LogP contribution in [0.25, 0.3) is 0 Å². The van der Waals surface area contributed by atoms with E-state index in [0.717, 1.165) is 44.9 Å². The number of amides is 1. The molecule has 0 spiro atoms. The molecule has 0 aromatic carbocycles. The second-order valence-electron chi connectivity index (χ2n) is 23.5. The summed E-state index contributed by atoms with van der Waals surface area (Å²) in [6.45, 7) is 4.98. The van der Waals surface area contributed by atoms with Crippen molar-refractivity contribution in [3.8, 4) is 0 Å². The molecular formula is C69H133NO5. The highest BCUT2D eigenvalue weighted by Gasteiger charge is 2.20. The first-order valence-electron chi connectivity index (χ1n) is 34.1. The summed E-state index contributed by atoms with van der Waals surface area (Å²) in [5.41, 5.74) is 0. The topological polar surface area (TPSA) is 95.9 Å². The second-order valence-corrected chi connectivity index (χ2v) is 23.5. The molecule has 0 heterocycles. The molecule has 0 fully saturated rings. The Bertz CT molecular complexity index is 1170. The van der Waals surface area contributed by atoms with E-state index in [4.69, 9.17) is 4.74 Å². The van der Waals surface area contributed by atoms with Gasteiger partial charge in [0.05, 0.1) is 25.4 Å². The Labute approximate surface area is 469 Å². The molecule has 6 nitrogen and oxygen atoms in total. The highest BCUT2D eigenvalue weighted by molar-refractivity contribution is 5.76. The van der Waals surface area contributed by atoms with E-state index in [9.17, 15) is 19.8 Å². The molecule has 2 atom stereocenters. The van der Waals surface area contributed by atoms with Gasteiger partial charge in [0, 0.05) is 12.8 Å². The molecule has 0 aliphatic carbocycles. The van der Waals surface area contributed by atoms with Crippen LogP contribution in [0.2, 0.25) is 0 Å². The van der Waals surface area contributed by atoms with Crippen LogP contribution in [-0.4, -0.2) is 47.4 Å². The Kier molecular flexibility index (Phi) is 63.4. The number of allylic oxidation sites excluding steroid dienone is 4. The Morgan fingerprint density at radius 1 is 0.373 bits per heavy atom. The lowest BCUT2D eigenvalue weighted by molar-refractivity contribution is -0.143. The van der Waals surface area contributed by atoms with Crippen molar-refractivity contribution < 1.29 is 24.5 Å². The summed E-state index contributed by atoms with van der Waals surface area (Å²) in [5, 5.41) is 23.3. The van der Waals surface area contributed by atoms with Crippen molar-refractivity contribution >= 4 is 11.9 Å². The molecule has 75 heavy (non-hydrogen) atoms. The van der Waals surface area contributed by atoms with Crippen molar-refractivity contribution in [2.75, 3.05) is 13.2 Å². The van der Waals surface area contributed by atoms with Crippen LogP contribution in [-0.2, 0) is 14.3 Å². The van der Waals surface area contributed by atoms with Gasteiger partial charge in [-0.25, -0.2) is 0 Å². The minimum absolute atomic E-state index is 0.0141. The number of aliphatic hydroxyl groups is 2. The third-order valence-corrected chi connectivity index (χ3v) is 16.0. The number of rotatable bonds is 64. The lowest BCUT2D eigenvalue weighted by Gasteiger charge is -2.22. The van der Waals surface area contributed by atoms with Gasteiger partial charge in [-0.05, 0) is 57.8 Å². The molecule has 3 N–H and O–H groups in total. The number of ether oxygens (including phenoxy) is 1. The highest BCUT2D eigenvalue weighted by Crippen LogP contribution is 2.18. The zero-order valence-electron chi connectivity index (χ0n) is 50.8. The van der Waals surface area contributed by atoms with Gasteiger partial charge in [-0.3, -0.25) is 9.59 Å². The maximum atomic E-state index is 12.5. The van der Waals surface area contributed by atoms with Crippen molar-refractivity contribution in [1.29, 1.82) is 0 Å². The van der Waals surface area contributed by atoms with Crippen LogP contribution in [0.4, 0.5) is 0 Å². The monoisotopic (exact) mass is 1060 g/mol. The van der Waals surface area contributed by atoms with Crippen molar-refractivity contribution in [3.05, 3.63) is 24.3 Å². The van der Waals surface area contributed by atoms with E-state index in [-0.39, 0.29) is 18.5 Å². The lowest BCUT2D eigenvalue weighted by atomic mass is 10.0. The molecule has 0 saturated heterocycles. The minimum atomic E-state index is -0.665. The highest BCUT2D eigenvalue weighted by atomic mass is 16.5. The van der Waals surface area contributed by atoms with Gasteiger partial charge < -0.3 is 20.3 Å². The fourth-order valence-corrected chi connectivity index (χ4v) is 10.8. The average molecular weight is 1060 g/mol. The molecular weight excluding hydrogens is 923 g/mol. The van der Waals surface area contributed by atoms with Crippen LogP contribution in [0.1, 0.15) is 380 Å². The van der Waals surface area contributed by atoms with E-state index in [0.29, 0.717) is 25.9 Å². The number of hydrogen-bond acceptors (Lipinski definition) is 5. The van der Waals surface area contributed by atoms with E-state index in [1.165, 1.54) is 302 Å². The SMILES string of the molecule is CCCCCCCCCCCCCCCCCCC(O)C(CO)NC(=O)CCCCCCCCCCCCCCC/C=C\C/C=C\CCCCCCCCCCCOC(=O)CCCCCCCCCCCCCCC. The van der Waals surface area contributed by atoms with E-state index in [1.54, 1.807) is 0 Å². The summed E-state index contributed by atoms with van der Waals surface area (Å²) in [6, 6.07) is -0.542. The van der Waals surface area contributed by atoms with Crippen molar-refractivity contribution in [3.63, 3.8) is 0 Å². The molecule has 0 aliphatic rings. The third kappa shape index (κ3) is 61.4. The fourth-order valence-electron chi connectivity index (χ4n) is 10.8. The van der Waals surface area contributed by atoms with Gasteiger partial charge in [-0.15, -0.1) is 0 Å². The number of carbonyl (C=O) groups excluding carboxylic acids is 2. The number of aliphatic hydroxyl groups excluding tert-OH is 2. The van der Waals surface area contributed by atoms with Crippen molar-refractivity contribution in [1.82, 2.24) is 5.32 Å². The summed E-state index contributed by atoms with van der Waals surface area (Å²) in [7, 11) is 0. The average Bonchev–Trinajstić information content (AvgIpc) is 3.41. The molecule has 0 bridgehead atoms. The summed E-state index contributed by atoms with van der Waals surface area (Å²) < 4.78 is 5.48. The number of nitrogens with one attached hydrogen (secondary N) is 1. The number of hydrogen-bond donors (Lipinski definition) is 3. The Morgan fingerprint density at radius 3 is 1.01 bits per heavy atom. The normalized spacial score (nSPS) is 12.6. The zero-order chi connectivity index (χ0) is 54.3. The van der Waals surface area contributed by atoms with Crippen LogP contribution in [0.3, 0.4) is 0 Å². The van der Waals surface area contributed by atoms with E-state index in [2.05, 4.69) is 43.5 Å². The predicted molar refractivity (Wildman–Crippen MR) is 329 cm³/mol. The molecule has 0 aromatic rings. The first-order chi connectivity index (χ1) is 37.0. The second kappa shape index (κ2) is 64.9. The first-order valence-corrected chi connectivity index (χ1v) is 34.1. The molecule has 0 radical (unpaired) electrons. The quantitative estimate of drug-likeness (QED) is 0.0320. The summed E-state index contributed by atoms with van der Waals surface area (Å²) in [6.07, 6.45) is 80.7. The molecule has 0 saturated carbocycles.